The predicted molar refractivity (Wildman–Crippen MR) is 64.0 cm³/mol. The minimum Gasteiger partial charge on any atom is -0.382 e. The first kappa shape index (κ1) is 11.7. The Hall–Kier alpha value is -1.73. The average molecular weight is 236 g/mol. The van der Waals surface area contributed by atoms with Gasteiger partial charge in [0.15, 0.2) is 11.5 Å². The van der Waals surface area contributed by atoms with Gasteiger partial charge in [0.05, 0.1) is 19.5 Å². The molecule has 17 heavy (non-hydrogen) atoms. The summed E-state index contributed by atoms with van der Waals surface area (Å²) in [6.45, 7) is 2.77. The Kier molecular flexibility index (Phi) is 3.21. The van der Waals surface area contributed by atoms with Crippen LogP contribution in [0.15, 0.2) is 12.7 Å². The molecule has 1 atom stereocenters. The van der Waals surface area contributed by atoms with Crippen molar-refractivity contribution in [1.82, 2.24) is 24.6 Å². The fourth-order valence-corrected chi connectivity index (χ4v) is 1.61. The molecule has 2 heterocycles. The van der Waals surface area contributed by atoms with E-state index in [2.05, 4.69) is 21.9 Å². The first-order valence-corrected chi connectivity index (χ1v) is 5.31. The van der Waals surface area contributed by atoms with Crippen LogP contribution in [-0.4, -0.2) is 44.8 Å². The SMILES string of the molecule is CON(C)C(C)Cn1cnc2c(N)ncnc21. The number of hydroxylamine groups is 2. The molecule has 2 rings (SSSR count). The Balaban J connectivity index is 2.28. The van der Waals surface area contributed by atoms with Gasteiger partial charge in [0.1, 0.15) is 11.8 Å². The number of aromatic nitrogens is 4. The van der Waals surface area contributed by atoms with E-state index in [0.29, 0.717) is 11.3 Å². The molecule has 0 saturated heterocycles. The molecule has 2 aromatic heterocycles. The molecule has 0 radical (unpaired) electrons. The summed E-state index contributed by atoms with van der Waals surface area (Å²) in [6.07, 6.45) is 3.16. The molecule has 0 bridgehead atoms. The zero-order valence-electron chi connectivity index (χ0n) is 10.2. The minimum absolute atomic E-state index is 0.202. The van der Waals surface area contributed by atoms with E-state index in [1.54, 1.807) is 18.5 Å². The number of imidazole rings is 1. The lowest BCUT2D eigenvalue weighted by molar-refractivity contribution is -0.139. The topological polar surface area (TPSA) is 82.1 Å². The molecule has 0 amide bonds. The molecule has 2 aromatic rings. The van der Waals surface area contributed by atoms with E-state index in [-0.39, 0.29) is 6.04 Å². The van der Waals surface area contributed by atoms with Crippen LogP contribution in [0, 0.1) is 0 Å². The zero-order chi connectivity index (χ0) is 12.4. The molecule has 7 nitrogen and oxygen atoms in total. The number of likely N-dealkylation sites (N-methyl/N-ethyl adjacent to an activating group) is 1. The van der Waals surface area contributed by atoms with Crippen LogP contribution < -0.4 is 5.73 Å². The highest BCUT2D eigenvalue weighted by atomic mass is 16.7. The maximum absolute atomic E-state index is 5.72. The smallest absolute Gasteiger partial charge is 0.165 e. The number of fused-ring (bicyclic) bond motifs is 1. The van der Waals surface area contributed by atoms with Crippen LogP contribution in [0.1, 0.15) is 6.92 Å². The molecular formula is C10H16N6O. The Morgan fingerprint density at radius 1 is 1.47 bits per heavy atom. The van der Waals surface area contributed by atoms with Crippen LogP contribution in [0.4, 0.5) is 5.82 Å². The number of nitrogen functional groups attached to an aromatic ring is 1. The number of hydrogen-bond acceptors (Lipinski definition) is 6. The van der Waals surface area contributed by atoms with Gasteiger partial charge in [0, 0.05) is 13.6 Å². The fourth-order valence-electron chi connectivity index (χ4n) is 1.61. The summed E-state index contributed by atoms with van der Waals surface area (Å²) in [5.74, 6) is 0.404. The molecule has 0 aliphatic carbocycles. The van der Waals surface area contributed by atoms with Crippen LogP contribution >= 0.6 is 0 Å². The highest BCUT2D eigenvalue weighted by Crippen LogP contribution is 2.15. The Morgan fingerprint density at radius 2 is 2.24 bits per heavy atom. The lowest BCUT2D eigenvalue weighted by Crippen LogP contribution is -2.31. The van der Waals surface area contributed by atoms with Gasteiger partial charge >= 0.3 is 0 Å². The summed E-state index contributed by atoms with van der Waals surface area (Å²) in [6, 6.07) is 0.202. The number of rotatable bonds is 4. The lowest BCUT2D eigenvalue weighted by Gasteiger charge is -2.22. The number of nitrogens with two attached hydrogens (primary N) is 1. The van der Waals surface area contributed by atoms with Crippen LogP contribution in [-0.2, 0) is 11.4 Å². The van der Waals surface area contributed by atoms with Gasteiger partial charge in [-0.2, -0.15) is 5.06 Å². The molecule has 0 aromatic carbocycles. The Bertz CT molecular complexity index is 510. The number of nitrogens with zero attached hydrogens (tertiary/aromatic N) is 5. The summed E-state index contributed by atoms with van der Waals surface area (Å²) in [5, 5.41) is 1.77. The highest BCUT2D eigenvalue weighted by Gasteiger charge is 2.13. The predicted octanol–water partition coefficient (Wildman–Crippen LogP) is 0.290. The highest BCUT2D eigenvalue weighted by molar-refractivity contribution is 5.81. The largest absolute Gasteiger partial charge is 0.382 e. The number of hydrogen-bond donors (Lipinski definition) is 1. The van der Waals surface area contributed by atoms with Crippen molar-refractivity contribution in [2.24, 2.45) is 0 Å². The Morgan fingerprint density at radius 3 is 2.94 bits per heavy atom. The van der Waals surface area contributed by atoms with Crippen LogP contribution in [0.3, 0.4) is 0 Å². The monoisotopic (exact) mass is 236 g/mol. The van der Waals surface area contributed by atoms with Crippen molar-refractivity contribution in [2.75, 3.05) is 19.9 Å². The molecule has 7 heteroatoms. The first-order chi connectivity index (χ1) is 8.13. The maximum atomic E-state index is 5.72. The van der Waals surface area contributed by atoms with Crippen molar-refractivity contribution >= 4 is 17.0 Å². The van der Waals surface area contributed by atoms with E-state index in [1.807, 2.05) is 11.6 Å². The summed E-state index contributed by atoms with van der Waals surface area (Å²) in [4.78, 5) is 17.4. The van der Waals surface area contributed by atoms with E-state index >= 15 is 0 Å². The number of anilines is 1. The van der Waals surface area contributed by atoms with Gasteiger partial charge in [-0.25, -0.2) is 15.0 Å². The second-order valence-corrected chi connectivity index (χ2v) is 3.91. The first-order valence-electron chi connectivity index (χ1n) is 5.31. The van der Waals surface area contributed by atoms with E-state index in [4.69, 9.17) is 10.6 Å². The minimum atomic E-state index is 0.202. The van der Waals surface area contributed by atoms with Gasteiger partial charge in [-0.1, -0.05) is 0 Å². The van der Waals surface area contributed by atoms with Crippen LogP contribution in [0.25, 0.3) is 11.2 Å². The average Bonchev–Trinajstić information content (AvgIpc) is 2.73. The van der Waals surface area contributed by atoms with Crippen molar-refractivity contribution in [2.45, 2.75) is 19.5 Å². The molecule has 0 aliphatic heterocycles. The lowest BCUT2D eigenvalue weighted by atomic mass is 10.3. The maximum Gasteiger partial charge on any atom is 0.165 e. The summed E-state index contributed by atoms with van der Waals surface area (Å²) < 4.78 is 1.94. The molecule has 0 fully saturated rings. The van der Waals surface area contributed by atoms with Crippen molar-refractivity contribution < 1.29 is 4.84 Å². The quantitative estimate of drug-likeness (QED) is 0.768. The second-order valence-electron chi connectivity index (χ2n) is 3.91. The summed E-state index contributed by atoms with van der Waals surface area (Å²) in [5.41, 5.74) is 7.11. The zero-order valence-corrected chi connectivity index (χ0v) is 10.2. The summed E-state index contributed by atoms with van der Waals surface area (Å²) >= 11 is 0. The fraction of sp³-hybridized carbons (Fsp3) is 0.500. The van der Waals surface area contributed by atoms with E-state index in [9.17, 15) is 0 Å². The van der Waals surface area contributed by atoms with Crippen LogP contribution in [0.2, 0.25) is 0 Å². The molecular weight excluding hydrogens is 220 g/mol. The second kappa shape index (κ2) is 4.64. The van der Waals surface area contributed by atoms with Crippen molar-refractivity contribution in [3.05, 3.63) is 12.7 Å². The van der Waals surface area contributed by atoms with Gasteiger partial charge in [0.2, 0.25) is 0 Å². The Labute approximate surface area is 99.2 Å². The van der Waals surface area contributed by atoms with Gasteiger partial charge in [-0.3, -0.25) is 0 Å². The summed E-state index contributed by atoms with van der Waals surface area (Å²) in [7, 11) is 3.52. The molecule has 92 valence electrons. The van der Waals surface area contributed by atoms with E-state index < -0.39 is 0 Å². The van der Waals surface area contributed by atoms with Gasteiger partial charge < -0.3 is 15.1 Å². The van der Waals surface area contributed by atoms with Gasteiger partial charge in [-0.15, -0.1) is 0 Å². The third-order valence-corrected chi connectivity index (χ3v) is 2.80. The van der Waals surface area contributed by atoms with E-state index in [0.717, 1.165) is 12.2 Å². The third kappa shape index (κ3) is 2.20. The molecule has 2 N–H and O–H groups in total. The third-order valence-electron chi connectivity index (χ3n) is 2.80. The van der Waals surface area contributed by atoms with Crippen LogP contribution in [0.5, 0.6) is 0 Å². The van der Waals surface area contributed by atoms with Crippen molar-refractivity contribution in [1.29, 1.82) is 0 Å². The van der Waals surface area contributed by atoms with Gasteiger partial charge in [0.25, 0.3) is 0 Å². The molecule has 0 saturated carbocycles. The molecule has 0 aliphatic rings. The molecule has 1 unspecified atom stereocenters. The van der Waals surface area contributed by atoms with Crippen molar-refractivity contribution in [3.63, 3.8) is 0 Å². The normalized spacial score (nSPS) is 13.4. The van der Waals surface area contributed by atoms with Crippen molar-refractivity contribution in [3.8, 4) is 0 Å². The molecule has 0 spiro atoms. The van der Waals surface area contributed by atoms with Gasteiger partial charge in [-0.05, 0) is 6.92 Å². The van der Waals surface area contributed by atoms with E-state index in [1.165, 1.54) is 6.33 Å². The standard InChI is InChI=1S/C10H16N6O/c1-7(15(2)17-3)4-16-6-14-8-9(11)12-5-13-10(8)16/h5-7H,4H2,1-3H3,(H2,11,12,13).